The highest BCUT2D eigenvalue weighted by Crippen LogP contribution is 2.04. The van der Waals surface area contributed by atoms with Gasteiger partial charge in [-0.15, -0.1) is 0 Å². The molecule has 1 N–H and O–H groups in total. The molecule has 2 atom stereocenters. The number of carbonyl (C=O) groups is 1. The van der Waals surface area contributed by atoms with Gasteiger partial charge in [-0.1, -0.05) is 6.92 Å². The van der Waals surface area contributed by atoms with Crippen molar-refractivity contribution in [3.63, 3.8) is 0 Å². The van der Waals surface area contributed by atoms with Gasteiger partial charge in [0.15, 0.2) is 0 Å². The molecule has 3 heteroatoms. The lowest BCUT2D eigenvalue weighted by Crippen LogP contribution is -2.19. The van der Waals surface area contributed by atoms with Crippen LogP contribution < -0.4 is 0 Å². The minimum Gasteiger partial charge on any atom is -0.394 e. The van der Waals surface area contributed by atoms with Crippen LogP contribution in [0.3, 0.4) is 0 Å². The van der Waals surface area contributed by atoms with Crippen LogP contribution in [0, 0.1) is 5.92 Å². The second-order valence-corrected chi connectivity index (χ2v) is 2.39. The van der Waals surface area contributed by atoms with Crippen molar-refractivity contribution in [2.75, 3.05) is 13.7 Å². The molecular weight excluding hydrogens is 132 g/mol. The van der Waals surface area contributed by atoms with Gasteiger partial charge in [-0.25, -0.2) is 0 Å². The lowest BCUT2D eigenvalue weighted by atomic mass is 10.1. The summed E-state index contributed by atoms with van der Waals surface area (Å²) in [6.45, 7) is 1.78. The van der Waals surface area contributed by atoms with Gasteiger partial charge in [0.1, 0.15) is 6.29 Å². The molecule has 0 fully saturated rings. The summed E-state index contributed by atoms with van der Waals surface area (Å²) in [5, 5.41) is 8.63. The van der Waals surface area contributed by atoms with Crippen molar-refractivity contribution >= 4 is 6.29 Å². The maximum absolute atomic E-state index is 10.1. The predicted octanol–water partition coefficient (Wildman–Crippen LogP) is 0.219. The third kappa shape index (κ3) is 3.58. The van der Waals surface area contributed by atoms with Crippen LogP contribution in [-0.4, -0.2) is 31.2 Å². The molecule has 0 saturated heterocycles. The zero-order valence-corrected chi connectivity index (χ0v) is 6.41. The fourth-order valence-corrected chi connectivity index (χ4v) is 0.716. The number of aliphatic hydroxyl groups excluding tert-OH is 1. The molecule has 3 nitrogen and oxygen atoms in total. The molecule has 0 amide bonds. The summed E-state index contributed by atoms with van der Waals surface area (Å²) >= 11 is 0. The topological polar surface area (TPSA) is 46.5 Å². The number of aldehydes is 1. The fourth-order valence-electron chi connectivity index (χ4n) is 0.716. The van der Waals surface area contributed by atoms with Crippen molar-refractivity contribution in [2.24, 2.45) is 5.92 Å². The highest BCUT2D eigenvalue weighted by molar-refractivity contribution is 5.52. The third-order valence-electron chi connectivity index (χ3n) is 1.40. The number of ether oxygens (including phenoxy) is 1. The van der Waals surface area contributed by atoms with Crippen LogP contribution in [0.25, 0.3) is 0 Å². The monoisotopic (exact) mass is 146 g/mol. The van der Waals surface area contributed by atoms with Crippen molar-refractivity contribution < 1.29 is 14.6 Å². The molecule has 0 bridgehead atoms. The van der Waals surface area contributed by atoms with Gasteiger partial charge in [0.2, 0.25) is 0 Å². The molecule has 0 aliphatic heterocycles. The highest BCUT2D eigenvalue weighted by Gasteiger charge is 2.09. The molecular formula is C7H14O3. The molecule has 0 radical (unpaired) electrons. The predicted molar refractivity (Wildman–Crippen MR) is 37.7 cm³/mol. The van der Waals surface area contributed by atoms with Crippen LogP contribution in [0.4, 0.5) is 0 Å². The van der Waals surface area contributed by atoms with Crippen LogP contribution in [0.15, 0.2) is 0 Å². The molecule has 0 heterocycles. The molecule has 0 aromatic rings. The van der Waals surface area contributed by atoms with E-state index in [1.807, 2.05) is 0 Å². The standard InChI is InChI=1S/C7H14O3/c1-6(4-8)3-7(5-9)10-2/h4,6-7,9H,3,5H2,1-2H3. The SMILES string of the molecule is COC(CO)CC(C)C=O. The first kappa shape index (κ1) is 9.59. The van der Waals surface area contributed by atoms with E-state index < -0.39 is 0 Å². The summed E-state index contributed by atoms with van der Waals surface area (Å²) in [6, 6.07) is 0. The molecule has 2 unspecified atom stereocenters. The highest BCUT2D eigenvalue weighted by atomic mass is 16.5. The van der Waals surface area contributed by atoms with Gasteiger partial charge in [0, 0.05) is 13.0 Å². The summed E-state index contributed by atoms with van der Waals surface area (Å²) < 4.78 is 4.86. The van der Waals surface area contributed by atoms with Gasteiger partial charge in [-0.05, 0) is 6.42 Å². The van der Waals surface area contributed by atoms with Crippen LogP contribution in [0.2, 0.25) is 0 Å². The molecule has 60 valence electrons. The van der Waals surface area contributed by atoms with Crippen LogP contribution in [0.5, 0.6) is 0 Å². The Morgan fingerprint density at radius 3 is 2.60 bits per heavy atom. The Morgan fingerprint density at radius 2 is 2.30 bits per heavy atom. The number of hydrogen-bond donors (Lipinski definition) is 1. The van der Waals surface area contributed by atoms with Crippen molar-refractivity contribution in [1.82, 2.24) is 0 Å². The Kier molecular flexibility index (Phi) is 5.16. The van der Waals surface area contributed by atoms with Crippen LogP contribution >= 0.6 is 0 Å². The van der Waals surface area contributed by atoms with E-state index in [1.165, 1.54) is 7.11 Å². The first-order valence-electron chi connectivity index (χ1n) is 3.33. The molecule has 10 heavy (non-hydrogen) atoms. The van der Waals surface area contributed by atoms with Gasteiger partial charge in [-0.3, -0.25) is 0 Å². The van der Waals surface area contributed by atoms with E-state index in [2.05, 4.69) is 0 Å². The quantitative estimate of drug-likeness (QED) is 0.564. The number of carbonyl (C=O) groups excluding carboxylic acids is 1. The third-order valence-corrected chi connectivity index (χ3v) is 1.40. The number of hydrogen-bond acceptors (Lipinski definition) is 3. The zero-order valence-electron chi connectivity index (χ0n) is 6.41. The zero-order chi connectivity index (χ0) is 7.98. The Morgan fingerprint density at radius 1 is 1.70 bits per heavy atom. The summed E-state index contributed by atoms with van der Waals surface area (Å²) in [6.07, 6.45) is 1.26. The van der Waals surface area contributed by atoms with Gasteiger partial charge >= 0.3 is 0 Å². The molecule has 0 aliphatic rings. The smallest absolute Gasteiger partial charge is 0.122 e. The van der Waals surface area contributed by atoms with Crippen LogP contribution in [0.1, 0.15) is 13.3 Å². The van der Waals surface area contributed by atoms with Gasteiger partial charge in [-0.2, -0.15) is 0 Å². The maximum atomic E-state index is 10.1. The van der Waals surface area contributed by atoms with Gasteiger partial charge in [0.25, 0.3) is 0 Å². The summed E-state index contributed by atoms with van der Waals surface area (Å²) in [5.41, 5.74) is 0. The average Bonchev–Trinajstić information content (AvgIpc) is 1.99. The number of aliphatic hydroxyl groups is 1. The van der Waals surface area contributed by atoms with E-state index in [9.17, 15) is 4.79 Å². The first-order valence-corrected chi connectivity index (χ1v) is 3.33. The number of rotatable bonds is 5. The van der Waals surface area contributed by atoms with E-state index in [0.717, 1.165) is 6.29 Å². The fraction of sp³-hybridized carbons (Fsp3) is 0.857. The largest absolute Gasteiger partial charge is 0.394 e. The Hall–Kier alpha value is -0.410. The summed E-state index contributed by atoms with van der Waals surface area (Å²) in [7, 11) is 1.53. The number of methoxy groups -OCH3 is 1. The van der Waals surface area contributed by atoms with Gasteiger partial charge < -0.3 is 14.6 Å². The first-order chi connectivity index (χ1) is 4.74. The van der Waals surface area contributed by atoms with E-state index >= 15 is 0 Å². The van der Waals surface area contributed by atoms with E-state index in [1.54, 1.807) is 6.92 Å². The second kappa shape index (κ2) is 5.38. The Bertz CT molecular complexity index is 88.9. The molecule has 0 saturated carbocycles. The molecule has 0 spiro atoms. The average molecular weight is 146 g/mol. The van der Waals surface area contributed by atoms with Crippen molar-refractivity contribution in [3.8, 4) is 0 Å². The normalized spacial score (nSPS) is 16.3. The molecule has 0 aromatic heterocycles. The van der Waals surface area contributed by atoms with E-state index in [0.29, 0.717) is 6.42 Å². The van der Waals surface area contributed by atoms with Crippen LogP contribution in [-0.2, 0) is 9.53 Å². The van der Waals surface area contributed by atoms with Crippen molar-refractivity contribution in [3.05, 3.63) is 0 Å². The summed E-state index contributed by atoms with van der Waals surface area (Å²) in [5.74, 6) is -0.0305. The van der Waals surface area contributed by atoms with Gasteiger partial charge in [0.05, 0.1) is 12.7 Å². The molecule has 0 aliphatic carbocycles. The Labute approximate surface area is 61.0 Å². The van der Waals surface area contributed by atoms with E-state index in [4.69, 9.17) is 9.84 Å². The van der Waals surface area contributed by atoms with Crippen molar-refractivity contribution in [2.45, 2.75) is 19.4 Å². The van der Waals surface area contributed by atoms with Crippen molar-refractivity contribution in [1.29, 1.82) is 0 Å². The Balaban J connectivity index is 3.51. The molecule has 0 aromatic carbocycles. The minimum atomic E-state index is -0.194. The lowest BCUT2D eigenvalue weighted by Gasteiger charge is -2.12. The lowest BCUT2D eigenvalue weighted by molar-refractivity contribution is -0.111. The summed E-state index contributed by atoms with van der Waals surface area (Å²) in [4.78, 5) is 10.1. The van der Waals surface area contributed by atoms with E-state index in [-0.39, 0.29) is 18.6 Å². The minimum absolute atomic E-state index is 0.0192. The maximum Gasteiger partial charge on any atom is 0.122 e. The molecule has 0 rings (SSSR count). The second-order valence-electron chi connectivity index (χ2n) is 2.39.